The number of nitrogens with two attached hydrogens (primary N) is 1. The van der Waals surface area contributed by atoms with E-state index in [-0.39, 0.29) is 36.1 Å². The van der Waals surface area contributed by atoms with E-state index in [0.29, 0.717) is 5.57 Å². The van der Waals surface area contributed by atoms with Crippen molar-refractivity contribution < 1.29 is 48.2 Å². The molecule has 34 heavy (non-hydrogen) atoms. The monoisotopic (exact) mass is 500 g/mol. The van der Waals surface area contributed by atoms with E-state index in [9.17, 15) is 24.4 Å². The Morgan fingerprint density at radius 3 is 2.62 bits per heavy atom. The Labute approximate surface area is 190 Å². The van der Waals surface area contributed by atoms with E-state index in [2.05, 4.69) is 19.5 Å². The number of imidazole rings is 1. The number of aliphatic hydroxyl groups is 2. The van der Waals surface area contributed by atoms with Crippen LogP contribution >= 0.6 is 7.82 Å². The number of nitrogen functional groups attached to an aromatic ring is 1. The smallest absolute Gasteiger partial charge is 0.469 e. The summed E-state index contributed by atoms with van der Waals surface area (Å²) >= 11 is 0. The molecule has 17 heteroatoms. The van der Waals surface area contributed by atoms with Crippen molar-refractivity contribution >= 4 is 36.7 Å². The fourth-order valence-corrected chi connectivity index (χ4v) is 3.89. The van der Waals surface area contributed by atoms with Crippen LogP contribution in [0.2, 0.25) is 0 Å². The number of imide groups is 1. The van der Waals surface area contributed by atoms with Crippen LogP contribution in [0.4, 0.5) is 5.95 Å². The minimum absolute atomic E-state index is 0.0461. The van der Waals surface area contributed by atoms with E-state index in [0.717, 1.165) is 4.90 Å². The predicted molar refractivity (Wildman–Crippen MR) is 110 cm³/mol. The van der Waals surface area contributed by atoms with Gasteiger partial charge in [-0.25, -0.2) is 9.55 Å². The number of nitrogens with zero attached hydrogens (tertiary/aromatic N) is 5. The maximum Gasteiger partial charge on any atom is 0.469 e. The molecule has 0 spiro atoms. The number of fused-ring (bicyclic) bond motifs is 1. The lowest BCUT2D eigenvalue weighted by Gasteiger charge is -2.17. The average Bonchev–Trinajstić information content (AvgIpc) is 3.36. The molecule has 16 nitrogen and oxygen atoms in total. The van der Waals surface area contributed by atoms with Gasteiger partial charge in [-0.2, -0.15) is 9.97 Å². The summed E-state index contributed by atoms with van der Waals surface area (Å²) in [7, 11) is -4.82. The van der Waals surface area contributed by atoms with Crippen LogP contribution in [-0.4, -0.2) is 94.3 Å². The molecular weight excluding hydrogens is 479 g/mol. The van der Waals surface area contributed by atoms with Crippen LogP contribution in [0.25, 0.3) is 11.2 Å². The lowest BCUT2D eigenvalue weighted by Crippen LogP contribution is -2.34. The number of amides is 2. The molecule has 0 radical (unpaired) electrons. The molecule has 2 aromatic rings. The first-order chi connectivity index (χ1) is 16.0. The first kappa shape index (κ1) is 24.2. The number of aliphatic hydroxyl groups excluding tert-OH is 2. The fourth-order valence-electron chi connectivity index (χ4n) is 3.54. The van der Waals surface area contributed by atoms with Crippen molar-refractivity contribution in [1.82, 2.24) is 24.4 Å². The van der Waals surface area contributed by atoms with Gasteiger partial charge in [0.2, 0.25) is 11.8 Å². The molecule has 1 fully saturated rings. The highest BCUT2D eigenvalue weighted by atomic mass is 31.2. The Balaban J connectivity index is 1.51. The van der Waals surface area contributed by atoms with Gasteiger partial charge in [-0.15, -0.1) is 0 Å². The van der Waals surface area contributed by atoms with Gasteiger partial charge in [0.05, 0.1) is 19.5 Å². The zero-order chi connectivity index (χ0) is 24.8. The Morgan fingerprint density at radius 1 is 1.24 bits per heavy atom. The number of hydrogen-bond donors (Lipinski definition) is 5. The van der Waals surface area contributed by atoms with E-state index < -0.39 is 50.8 Å². The van der Waals surface area contributed by atoms with E-state index in [1.54, 1.807) is 0 Å². The summed E-state index contributed by atoms with van der Waals surface area (Å²) in [6, 6.07) is 0. The summed E-state index contributed by atoms with van der Waals surface area (Å²) in [5.74, 6) is -1.15. The number of ether oxygens (including phenoxy) is 2. The summed E-state index contributed by atoms with van der Waals surface area (Å²) in [4.78, 5) is 54.7. The van der Waals surface area contributed by atoms with Crippen molar-refractivity contribution in [2.45, 2.75) is 31.5 Å². The van der Waals surface area contributed by atoms with Gasteiger partial charge in [-0.3, -0.25) is 23.6 Å². The molecule has 4 heterocycles. The summed E-state index contributed by atoms with van der Waals surface area (Å²) in [5, 5.41) is 20.6. The molecule has 0 aromatic carbocycles. The zero-order valence-corrected chi connectivity index (χ0v) is 18.5. The van der Waals surface area contributed by atoms with Gasteiger partial charge in [0.25, 0.3) is 11.8 Å². The number of phosphoric acid groups is 1. The lowest BCUT2D eigenvalue weighted by molar-refractivity contribution is -0.137. The third kappa shape index (κ3) is 4.65. The van der Waals surface area contributed by atoms with Crippen LogP contribution in [0.3, 0.4) is 0 Å². The normalized spacial score (nSPS) is 25.4. The van der Waals surface area contributed by atoms with Gasteiger partial charge < -0.3 is 35.2 Å². The van der Waals surface area contributed by atoms with E-state index in [1.165, 1.54) is 23.9 Å². The summed E-state index contributed by atoms with van der Waals surface area (Å²) in [6.45, 7) is 0.691. The number of carbonyl (C=O) groups is 2. The van der Waals surface area contributed by atoms with Gasteiger partial charge in [-0.05, 0) is 6.92 Å². The first-order valence-electron chi connectivity index (χ1n) is 9.85. The quantitative estimate of drug-likeness (QED) is 0.192. The summed E-state index contributed by atoms with van der Waals surface area (Å²) in [5.41, 5.74) is 6.27. The maximum atomic E-state index is 12.0. The second kappa shape index (κ2) is 8.99. The van der Waals surface area contributed by atoms with Gasteiger partial charge in [-0.1, -0.05) is 0 Å². The Hall–Kier alpha value is -2.98. The average molecular weight is 500 g/mol. The Kier molecular flexibility index (Phi) is 6.39. The van der Waals surface area contributed by atoms with Crippen LogP contribution in [0.15, 0.2) is 18.0 Å². The minimum atomic E-state index is -4.82. The van der Waals surface area contributed by atoms with Crippen LogP contribution in [0.5, 0.6) is 5.88 Å². The Bertz CT molecular complexity index is 1210. The molecule has 1 saturated heterocycles. The van der Waals surface area contributed by atoms with Gasteiger partial charge in [0.1, 0.15) is 24.9 Å². The van der Waals surface area contributed by atoms with Crippen LogP contribution in [0, 0.1) is 0 Å². The fraction of sp³-hybridized carbons (Fsp3) is 0.471. The molecule has 4 rings (SSSR count). The molecule has 6 N–H and O–H groups in total. The van der Waals surface area contributed by atoms with Crippen molar-refractivity contribution in [3.63, 3.8) is 0 Å². The minimum Gasteiger partial charge on any atom is -0.474 e. The molecule has 0 bridgehead atoms. The zero-order valence-electron chi connectivity index (χ0n) is 17.6. The standard InChI is InChI=1S/C17H21N6O10P/c1-7-4-9(24)22(15(7)27)2-3-31-14-10-13(20-17(18)21-14)23(6-19-10)16-12(26)11(25)8(33-16)5-32-34(28,29)30/h4,6,8,11-12,16,25-26H,2-3,5H2,1H3,(H2,18,20,21)(H2,28,29,30)/t8-,11-,12-,16-/m1/s1. The highest BCUT2D eigenvalue weighted by Crippen LogP contribution is 2.39. The molecule has 2 aliphatic heterocycles. The van der Waals surface area contributed by atoms with Crippen molar-refractivity contribution in [3.05, 3.63) is 18.0 Å². The topological polar surface area (TPSA) is 233 Å². The summed E-state index contributed by atoms with van der Waals surface area (Å²) < 4.78 is 27.6. The van der Waals surface area contributed by atoms with Gasteiger partial charge >= 0.3 is 7.82 Å². The Morgan fingerprint density at radius 2 is 1.97 bits per heavy atom. The van der Waals surface area contributed by atoms with Crippen LogP contribution < -0.4 is 10.5 Å². The van der Waals surface area contributed by atoms with Crippen molar-refractivity contribution in [1.29, 1.82) is 0 Å². The number of aromatic nitrogens is 4. The third-order valence-corrected chi connectivity index (χ3v) is 5.65. The van der Waals surface area contributed by atoms with Crippen LogP contribution in [0.1, 0.15) is 13.2 Å². The highest BCUT2D eigenvalue weighted by Gasteiger charge is 2.45. The van der Waals surface area contributed by atoms with Crippen molar-refractivity contribution in [2.24, 2.45) is 0 Å². The number of phosphoric ester groups is 1. The molecule has 184 valence electrons. The molecule has 2 aliphatic rings. The molecule has 4 atom stereocenters. The third-order valence-electron chi connectivity index (χ3n) is 5.17. The number of carbonyl (C=O) groups excluding carboxylic acids is 2. The molecule has 2 aromatic heterocycles. The van der Waals surface area contributed by atoms with Gasteiger partial charge in [0, 0.05) is 11.6 Å². The number of anilines is 1. The lowest BCUT2D eigenvalue weighted by atomic mass is 10.1. The second-order valence-corrected chi connectivity index (χ2v) is 8.75. The molecule has 0 unspecified atom stereocenters. The first-order valence-corrected chi connectivity index (χ1v) is 11.4. The molecular formula is C17H21N6O10P. The number of rotatable bonds is 8. The molecule has 0 aliphatic carbocycles. The molecule has 0 saturated carbocycles. The maximum absolute atomic E-state index is 12.0. The van der Waals surface area contributed by atoms with Gasteiger partial charge in [0.15, 0.2) is 17.4 Å². The molecule has 2 amide bonds. The van der Waals surface area contributed by atoms with Crippen LogP contribution in [-0.2, 0) is 23.4 Å². The van der Waals surface area contributed by atoms with Crippen molar-refractivity contribution in [2.75, 3.05) is 25.5 Å². The SMILES string of the molecule is CC1=CC(=O)N(CCOc2nc(N)nc3c2ncn3[C@@H]2O[C@H](COP(=O)(O)O)[C@@H](O)[C@H]2O)C1=O. The van der Waals surface area contributed by atoms with E-state index in [4.69, 9.17) is 25.0 Å². The van der Waals surface area contributed by atoms with Crippen molar-refractivity contribution in [3.8, 4) is 5.88 Å². The van der Waals surface area contributed by atoms with E-state index in [1.807, 2.05) is 0 Å². The highest BCUT2D eigenvalue weighted by molar-refractivity contribution is 7.46. The predicted octanol–water partition coefficient (Wildman–Crippen LogP) is -2.17. The largest absolute Gasteiger partial charge is 0.474 e. The second-order valence-electron chi connectivity index (χ2n) is 7.51. The van der Waals surface area contributed by atoms with E-state index >= 15 is 0 Å². The summed E-state index contributed by atoms with van der Waals surface area (Å²) in [6.07, 6.45) is -3.11. The number of hydrogen-bond acceptors (Lipinski definition) is 12.